The van der Waals surface area contributed by atoms with Crippen molar-refractivity contribution in [2.24, 2.45) is 11.7 Å². The summed E-state index contributed by atoms with van der Waals surface area (Å²) in [5.41, 5.74) is 7.00. The van der Waals surface area contributed by atoms with Crippen LogP contribution in [0, 0.1) is 5.92 Å². The van der Waals surface area contributed by atoms with Crippen molar-refractivity contribution in [3.8, 4) is 5.75 Å². The molecule has 4 nitrogen and oxygen atoms in total. The molecule has 1 aromatic carbocycles. The first-order valence-electron chi connectivity index (χ1n) is 7.22. The van der Waals surface area contributed by atoms with Crippen molar-refractivity contribution in [2.45, 2.75) is 39.8 Å². The Morgan fingerprint density at radius 3 is 2.60 bits per heavy atom. The minimum atomic E-state index is -0.441. The van der Waals surface area contributed by atoms with Crippen LogP contribution in [-0.2, 0) is 11.3 Å². The maximum atomic E-state index is 12.3. The van der Waals surface area contributed by atoms with Gasteiger partial charge in [0.25, 0.3) is 0 Å². The summed E-state index contributed by atoms with van der Waals surface area (Å²) in [4.78, 5) is 14.0. The molecule has 0 saturated carbocycles. The van der Waals surface area contributed by atoms with Gasteiger partial charge in [0.1, 0.15) is 5.75 Å². The number of rotatable bonds is 7. The molecule has 0 fully saturated rings. The van der Waals surface area contributed by atoms with Crippen LogP contribution in [-0.4, -0.2) is 30.5 Å². The first kappa shape index (κ1) is 16.5. The summed E-state index contributed by atoms with van der Waals surface area (Å²) < 4.78 is 5.58. The van der Waals surface area contributed by atoms with Gasteiger partial charge in [0.15, 0.2) is 0 Å². The molecule has 0 saturated heterocycles. The Morgan fingerprint density at radius 2 is 2.00 bits per heavy atom. The van der Waals surface area contributed by atoms with Gasteiger partial charge in [-0.05, 0) is 18.9 Å². The van der Waals surface area contributed by atoms with Crippen molar-refractivity contribution in [3.63, 3.8) is 0 Å². The monoisotopic (exact) mass is 278 g/mol. The standard InChI is InChI=1S/C16H26N2O2/c1-5-12(3)15(17)16(19)18(4)11-13-9-7-8-10-14(13)20-6-2/h7-10,12,15H,5-6,11,17H2,1-4H3/t12-,15-/m0/s1. The number of nitrogens with two attached hydrogens (primary N) is 1. The van der Waals surface area contributed by atoms with Crippen molar-refractivity contribution in [3.05, 3.63) is 29.8 Å². The molecule has 1 amide bonds. The third-order valence-corrected chi connectivity index (χ3v) is 3.60. The highest BCUT2D eigenvalue weighted by atomic mass is 16.5. The first-order chi connectivity index (χ1) is 9.51. The molecule has 112 valence electrons. The third kappa shape index (κ3) is 4.23. The number of ether oxygens (including phenoxy) is 1. The Bertz CT molecular complexity index is 434. The Labute approximate surface area is 121 Å². The largest absolute Gasteiger partial charge is 0.494 e. The van der Waals surface area contributed by atoms with E-state index in [0.717, 1.165) is 17.7 Å². The molecule has 1 rings (SSSR count). The lowest BCUT2D eigenvalue weighted by Gasteiger charge is -2.25. The number of hydrogen-bond donors (Lipinski definition) is 1. The van der Waals surface area contributed by atoms with Crippen LogP contribution in [0.1, 0.15) is 32.8 Å². The van der Waals surface area contributed by atoms with Gasteiger partial charge >= 0.3 is 0 Å². The molecule has 0 unspecified atom stereocenters. The second-order valence-electron chi connectivity index (χ2n) is 5.15. The average molecular weight is 278 g/mol. The summed E-state index contributed by atoms with van der Waals surface area (Å²) in [6, 6.07) is 7.34. The zero-order chi connectivity index (χ0) is 15.1. The molecular weight excluding hydrogens is 252 g/mol. The van der Waals surface area contributed by atoms with Gasteiger partial charge in [0, 0.05) is 19.2 Å². The number of likely N-dealkylation sites (N-methyl/N-ethyl adjacent to an activating group) is 1. The van der Waals surface area contributed by atoms with Gasteiger partial charge in [0.05, 0.1) is 12.6 Å². The molecule has 0 aliphatic rings. The fraction of sp³-hybridized carbons (Fsp3) is 0.562. The molecule has 0 spiro atoms. The quantitative estimate of drug-likeness (QED) is 0.833. The van der Waals surface area contributed by atoms with E-state index in [2.05, 4.69) is 0 Å². The van der Waals surface area contributed by atoms with Crippen LogP contribution in [0.3, 0.4) is 0 Å². The lowest BCUT2D eigenvalue weighted by Crippen LogP contribution is -2.45. The van der Waals surface area contributed by atoms with E-state index >= 15 is 0 Å². The zero-order valence-electron chi connectivity index (χ0n) is 12.9. The predicted octanol–water partition coefficient (Wildman–Crippen LogP) is 2.42. The van der Waals surface area contributed by atoms with Crippen LogP contribution in [0.2, 0.25) is 0 Å². The minimum Gasteiger partial charge on any atom is -0.494 e. The predicted molar refractivity (Wildman–Crippen MR) is 81.5 cm³/mol. The van der Waals surface area contributed by atoms with Gasteiger partial charge in [-0.3, -0.25) is 4.79 Å². The molecule has 0 aromatic heterocycles. The summed E-state index contributed by atoms with van der Waals surface area (Å²) in [6.07, 6.45) is 0.899. The van der Waals surface area contributed by atoms with Crippen molar-refractivity contribution in [1.82, 2.24) is 4.90 Å². The van der Waals surface area contributed by atoms with E-state index in [0.29, 0.717) is 13.2 Å². The molecule has 0 aliphatic carbocycles. The third-order valence-electron chi connectivity index (χ3n) is 3.60. The second kappa shape index (κ2) is 7.90. The maximum Gasteiger partial charge on any atom is 0.239 e. The van der Waals surface area contributed by atoms with Gasteiger partial charge in [-0.1, -0.05) is 38.5 Å². The van der Waals surface area contributed by atoms with E-state index in [9.17, 15) is 4.79 Å². The Balaban J connectivity index is 2.75. The number of amides is 1. The normalized spacial score (nSPS) is 13.7. The van der Waals surface area contributed by atoms with E-state index in [1.54, 1.807) is 11.9 Å². The molecule has 20 heavy (non-hydrogen) atoms. The fourth-order valence-corrected chi connectivity index (χ4v) is 2.02. The van der Waals surface area contributed by atoms with Gasteiger partial charge in [-0.2, -0.15) is 0 Å². The van der Waals surface area contributed by atoms with Crippen LogP contribution >= 0.6 is 0 Å². The molecule has 4 heteroatoms. The molecule has 1 aromatic rings. The highest BCUT2D eigenvalue weighted by Gasteiger charge is 2.23. The summed E-state index contributed by atoms with van der Waals surface area (Å²) in [6.45, 7) is 7.12. The smallest absolute Gasteiger partial charge is 0.239 e. The van der Waals surface area contributed by atoms with Gasteiger partial charge in [0.2, 0.25) is 5.91 Å². The summed E-state index contributed by atoms with van der Waals surface area (Å²) in [7, 11) is 1.79. The van der Waals surface area contributed by atoms with Crippen LogP contribution in [0.5, 0.6) is 5.75 Å². The molecular formula is C16H26N2O2. The minimum absolute atomic E-state index is 0.0225. The number of nitrogens with zero attached hydrogens (tertiary/aromatic N) is 1. The maximum absolute atomic E-state index is 12.3. The van der Waals surface area contributed by atoms with Crippen LogP contribution in [0.15, 0.2) is 24.3 Å². The first-order valence-corrected chi connectivity index (χ1v) is 7.22. The Hall–Kier alpha value is -1.55. The molecule has 0 aliphatic heterocycles. The summed E-state index contributed by atoms with van der Waals surface area (Å²) in [5.74, 6) is 0.990. The van der Waals surface area contributed by atoms with E-state index in [-0.39, 0.29) is 11.8 Å². The molecule has 2 N–H and O–H groups in total. The van der Waals surface area contributed by atoms with Crippen molar-refractivity contribution >= 4 is 5.91 Å². The Morgan fingerprint density at radius 1 is 1.35 bits per heavy atom. The average Bonchev–Trinajstić information content (AvgIpc) is 2.47. The number of para-hydroxylation sites is 1. The van der Waals surface area contributed by atoms with E-state index < -0.39 is 6.04 Å². The lowest BCUT2D eigenvalue weighted by molar-refractivity contribution is -0.132. The summed E-state index contributed by atoms with van der Waals surface area (Å²) in [5, 5.41) is 0. The highest BCUT2D eigenvalue weighted by Crippen LogP contribution is 2.20. The number of hydrogen-bond acceptors (Lipinski definition) is 3. The molecule has 0 heterocycles. The number of carbonyl (C=O) groups excluding carboxylic acids is 1. The zero-order valence-corrected chi connectivity index (χ0v) is 12.9. The van der Waals surface area contributed by atoms with Crippen LogP contribution < -0.4 is 10.5 Å². The Kier molecular flexibility index (Phi) is 6.52. The SMILES string of the molecule is CCOc1ccccc1CN(C)C(=O)[C@@H](N)[C@@H](C)CC. The molecule has 0 bridgehead atoms. The van der Waals surface area contributed by atoms with Gasteiger partial charge in [-0.25, -0.2) is 0 Å². The van der Waals surface area contributed by atoms with Gasteiger partial charge < -0.3 is 15.4 Å². The lowest BCUT2D eigenvalue weighted by atomic mass is 9.99. The van der Waals surface area contributed by atoms with E-state index in [4.69, 9.17) is 10.5 Å². The molecule has 0 radical (unpaired) electrons. The van der Waals surface area contributed by atoms with Gasteiger partial charge in [-0.15, -0.1) is 0 Å². The highest BCUT2D eigenvalue weighted by molar-refractivity contribution is 5.81. The molecule has 2 atom stereocenters. The van der Waals surface area contributed by atoms with Crippen molar-refractivity contribution < 1.29 is 9.53 Å². The van der Waals surface area contributed by atoms with Crippen LogP contribution in [0.4, 0.5) is 0 Å². The second-order valence-corrected chi connectivity index (χ2v) is 5.15. The van der Waals surface area contributed by atoms with Crippen LogP contribution in [0.25, 0.3) is 0 Å². The number of benzene rings is 1. The summed E-state index contributed by atoms with van der Waals surface area (Å²) >= 11 is 0. The fourth-order valence-electron chi connectivity index (χ4n) is 2.02. The topological polar surface area (TPSA) is 55.6 Å². The number of carbonyl (C=O) groups is 1. The van der Waals surface area contributed by atoms with E-state index in [1.807, 2.05) is 45.0 Å². The van der Waals surface area contributed by atoms with E-state index in [1.165, 1.54) is 0 Å². The van der Waals surface area contributed by atoms with Crippen molar-refractivity contribution in [1.29, 1.82) is 0 Å². The van der Waals surface area contributed by atoms with Crippen molar-refractivity contribution in [2.75, 3.05) is 13.7 Å².